The van der Waals surface area contributed by atoms with Gasteiger partial charge in [-0.15, -0.1) is 0 Å². The van der Waals surface area contributed by atoms with Gasteiger partial charge >= 0.3 is 0 Å². The second kappa shape index (κ2) is 4.19. The lowest BCUT2D eigenvalue weighted by Gasteiger charge is -2.03. The molecule has 1 rings (SSSR count). The van der Waals surface area contributed by atoms with Gasteiger partial charge in [0.2, 0.25) is 5.88 Å². The molecule has 3 heteroatoms. The quantitative estimate of drug-likeness (QED) is 0.697. The van der Waals surface area contributed by atoms with E-state index in [1.807, 2.05) is 6.92 Å². The van der Waals surface area contributed by atoms with Crippen molar-refractivity contribution in [3.05, 3.63) is 23.4 Å². The fraction of sp³-hybridized carbons (Fsp3) is 0.375. The van der Waals surface area contributed by atoms with Crippen LogP contribution < -0.4 is 4.74 Å². The number of rotatable bonds is 3. The van der Waals surface area contributed by atoms with Gasteiger partial charge in [0, 0.05) is 6.20 Å². The van der Waals surface area contributed by atoms with Crippen molar-refractivity contribution in [1.82, 2.24) is 4.98 Å². The third-order valence-corrected chi connectivity index (χ3v) is 1.46. The molecule has 2 nitrogen and oxygen atoms in total. The van der Waals surface area contributed by atoms with Crippen LogP contribution in [0.2, 0.25) is 5.02 Å². The summed E-state index contributed by atoms with van der Waals surface area (Å²) in [5, 5.41) is 0.570. The summed E-state index contributed by atoms with van der Waals surface area (Å²) >= 11 is 5.77. The Balaban J connectivity index is 2.62. The van der Waals surface area contributed by atoms with Gasteiger partial charge in [0.15, 0.2) is 0 Å². The molecule has 0 bridgehead atoms. The maximum atomic E-state index is 5.77. The minimum atomic E-state index is 0.524. The molecule has 60 valence electrons. The van der Waals surface area contributed by atoms with Crippen molar-refractivity contribution >= 4 is 11.6 Å². The molecule has 0 N–H and O–H groups in total. The van der Waals surface area contributed by atoms with Gasteiger partial charge < -0.3 is 4.74 Å². The van der Waals surface area contributed by atoms with Gasteiger partial charge in [-0.2, -0.15) is 0 Å². The molecule has 0 saturated carbocycles. The van der Waals surface area contributed by atoms with Crippen LogP contribution in [0.5, 0.6) is 5.88 Å². The molecule has 11 heavy (non-hydrogen) atoms. The molecule has 0 aliphatic rings. The molecule has 0 fully saturated rings. The number of halogens is 1. The third-order valence-electron chi connectivity index (χ3n) is 1.17. The highest BCUT2D eigenvalue weighted by molar-refractivity contribution is 6.31. The van der Waals surface area contributed by atoms with Gasteiger partial charge in [-0.3, -0.25) is 0 Å². The van der Waals surface area contributed by atoms with Gasteiger partial charge in [-0.25, -0.2) is 4.98 Å². The Morgan fingerprint density at radius 3 is 3.09 bits per heavy atom. The van der Waals surface area contributed by atoms with Crippen LogP contribution in [0.25, 0.3) is 0 Å². The topological polar surface area (TPSA) is 22.1 Å². The maximum Gasteiger partial charge on any atom is 0.232 e. The van der Waals surface area contributed by atoms with E-state index in [0.29, 0.717) is 17.5 Å². The highest BCUT2D eigenvalue weighted by atomic mass is 35.5. The van der Waals surface area contributed by atoms with E-state index < -0.39 is 0 Å². The molecule has 0 radical (unpaired) electrons. The highest BCUT2D eigenvalue weighted by Crippen LogP contribution is 2.19. The lowest BCUT2D eigenvalue weighted by molar-refractivity contribution is 0.305. The van der Waals surface area contributed by atoms with Crippen LogP contribution >= 0.6 is 11.6 Å². The van der Waals surface area contributed by atoms with E-state index in [1.165, 1.54) is 0 Å². The van der Waals surface area contributed by atoms with Crippen LogP contribution in [0.15, 0.2) is 18.3 Å². The summed E-state index contributed by atoms with van der Waals surface area (Å²) in [6, 6.07) is 3.54. The van der Waals surface area contributed by atoms with Crippen LogP contribution in [-0.2, 0) is 0 Å². The molecule has 0 spiro atoms. The average Bonchev–Trinajstić information content (AvgIpc) is 2.03. The average molecular weight is 172 g/mol. The normalized spacial score (nSPS) is 9.64. The van der Waals surface area contributed by atoms with Crippen LogP contribution in [0.4, 0.5) is 0 Å². The third kappa shape index (κ3) is 2.39. The van der Waals surface area contributed by atoms with Gasteiger partial charge in [0.25, 0.3) is 0 Å². The Kier molecular flexibility index (Phi) is 3.17. The Labute approximate surface area is 71.2 Å². The van der Waals surface area contributed by atoms with E-state index in [-0.39, 0.29) is 0 Å². The monoisotopic (exact) mass is 171 g/mol. The molecule has 0 aromatic carbocycles. The summed E-state index contributed by atoms with van der Waals surface area (Å²) in [7, 11) is 0. The van der Waals surface area contributed by atoms with Gasteiger partial charge in [0.05, 0.1) is 6.61 Å². The van der Waals surface area contributed by atoms with Crippen LogP contribution in [0, 0.1) is 0 Å². The van der Waals surface area contributed by atoms with Gasteiger partial charge in [-0.1, -0.05) is 18.5 Å². The maximum absolute atomic E-state index is 5.77. The summed E-state index contributed by atoms with van der Waals surface area (Å²) < 4.78 is 5.24. The van der Waals surface area contributed by atoms with Crippen LogP contribution in [-0.4, -0.2) is 11.6 Å². The number of hydrogen-bond donors (Lipinski definition) is 0. The van der Waals surface area contributed by atoms with Crippen molar-refractivity contribution in [3.8, 4) is 5.88 Å². The summed E-state index contributed by atoms with van der Waals surface area (Å²) in [4.78, 5) is 3.96. The predicted molar refractivity (Wildman–Crippen MR) is 45.0 cm³/mol. The number of pyridine rings is 1. The number of hydrogen-bond acceptors (Lipinski definition) is 2. The minimum Gasteiger partial charge on any atom is -0.477 e. The first-order chi connectivity index (χ1) is 5.34. The zero-order chi connectivity index (χ0) is 8.10. The second-order valence-electron chi connectivity index (χ2n) is 2.14. The summed E-state index contributed by atoms with van der Waals surface area (Å²) in [6.45, 7) is 2.70. The molecule has 0 atom stereocenters. The zero-order valence-electron chi connectivity index (χ0n) is 6.38. The zero-order valence-corrected chi connectivity index (χ0v) is 7.14. The first-order valence-electron chi connectivity index (χ1n) is 3.58. The molecule has 0 unspecified atom stereocenters. The van der Waals surface area contributed by atoms with E-state index >= 15 is 0 Å². The van der Waals surface area contributed by atoms with Crippen molar-refractivity contribution in [2.45, 2.75) is 13.3 Å². The van der Waals surface area contributed by atoms with Crippen LogP contribution in [0.1, 0.15) is 13.3 Å². The molecule has 0 saturated heterocycles. The minimum absolute atomic E-state index is 0.524. The SMILES string of the molecule is CCCOc1ncccc1Cl. The number of nitrogens with zero attached hydrogens (tertiary/aromatic N) is 1. The predicted octanol–water partition coefficient (Wildman–Crippen LogP) is 2.52. The first kappa shape index (κ1) is 8.34. The molecular formula is C8H10ClNO. The van der Waals surface area contributed by atoms with E-state index in [0.717, 1.165) is 6.42 Å². The van der Waals surface area contributed by atoms with Gasteiger partial charge in [-0.05, 0) is 18.6 Å². The number of ether oxygens (including phenoxy) is 1. The van der Waals surface area contributed by atoms with E-state index in [9.17, 15) is 0 Å². The molecule has 1 aromatic heterocycles. The number of aromatic nitrogens is 1. The molecule has 0 amide bonds. The Bertz CT molecular complexity index is 227. The van der Waals surface area contributed by atoms with Crippen molar-refractivity contribution in [2.24, 2.45) is 0 Å². The lowest BCUT2D eigenvalue weighted by Crippen LogP contribution is -1.97. The highest BCUT2D eigenvalue weighted by Gasteiger charge is 1.98. The van der Waals surface area contributed by atoms with Crippen LogP contribution in [0.3, 0.4) is 0 Å². The fourth-order valence-corrected chi connectivity index (χ4v) is 0.852. The summed E-state index contributed by atoms with van der Waals surface area (Å²) in [5.74, 6) is 0.524. The lowest BCUT2D eigenvalue weighted by atomic mass is 10.5. The Morgan fingerprint density at radius 2 is 2.45 bits per heavy atom. The fourth-order valence-electron chi connectivity index (χ4n) is 0.676. The van der Waals surface area contributed by atoms with Crippen molar-refractivity contribution in [2.75, 3.05) is 6.61 Å². The second-order valence-corrected chi connectivity index (χ2v) is 2.55. The van der Waals surface area contributed by atoms with E-state index in [4.69, 9.17) is 16.3 Å². The largest absolute Gasteiger partial charge is 0.477 e. The molecule has 1 aromatic rings. The van der Waals surface area contributed by atoms with Crippen molar-refractivity contribution in [3.63, 3.8) is 0 Å². The van der Waals surface area contributed by atoms with E-state index in [1.54, 1.807) is 18.3 Å². The Hall–Kier alpha value is -0.760. The van der Waals surface area contributed by atoms with Crippen molar-refractivity contribution in [1.29, 1.82) is 0 Å². The summed E-state index contributed by atoms with van der Waals surface area (Å²) in [6.07, 6.45) is 2.63. The molecule has 1 heterocycles. The standard InChI is InChI=1S/C8H10ClNO/c1-2-6-11-8-7(9)4-3-5-10-8/h3-5H,2,6H2,1H3. The summed E-state index contributed by atoms with van der Waals surface area (Å²) in [5.41, 5.74) is 0. The molecular weight excluding hydrogens is 162 g/mol. The first-order valence-corrected chi connectivity index (χ1v) is 3.95. The van der Waals surface area contributed by atoms with E-state index in [2.05, 4.69) is 4.98 Å². The molecule has 0 aliphatic heterocycles. The smallest absolute Gasteiger partial charge is 0.232 e. The Morgan fingerprint density at radius 1 is 1.64 bits per heavy atom. The van der Waals surface area contributed by atoms with Gasteiger partial charge in [0.1, 0.15) is 5.02 Å². The van der Waals surface area contributed by atoms with Crippen molar-refractivity contribution < 1.29 is 4.74 Å². The molecule has 0 aliphatic carbocycles.